The van der Waals surface area contributed by atoms with Gasteiger partial charge in [0.25, 0.3) is 5.56 Å². The van der Waals surface area contributed by atoms with E-state index in [1.807, 2.05) is 25.1 Å². The largest absolute Gasteiger partial charge is 0.495 e. The van der Waals surface area contributed by atoms with Gasteiger partial charge in [-0.05, 0) is 24.6 Å². The molecule has 3 rings (SSSR count). The number of H-pyrrole nitrogens is 1. The van der Waals surface area contributed by atoms with Gasteiger partial charge in [0.05, 0.1) is 17.4 Å². The minimum atomic E-state index is -0.469. The fraction of sp³-hybridized carbons (Fsp3) is 0.200. The third kappa shape index (κ3) is 5.16. The number of rotatable bonds is 7. The third-order valence-electron chi connectivity index (χ3n) is 4.06. The first kappa shape index (κ1) is 20.9. The van der Waals surface area contributed by atoms with Crippen LogP contribution in [0.2, 0.25) is 5.02 Å². The van der Waals surface area contributed by atoms with E-state index >= 15 is 0 Å². The lowest BCUT2D eigenvalue weighted by Crippen LogP contribution is -2.25. The average Bonchev–Trinajstić information content (AvgIpc) is 2.73. The molecule has 1 amide bonds. The zero-order valence-electron chi connectivity index (χ0n) is 15.8. The average molecular weight is 431 g/mol. The predicted molar refractivity (Wildman–Crippen MR) is 115 cm³/mol. The molecule has 0 radical (unpaired) electrons. The van der Waals surface area contributed by atoms with Crippen molar-refractivity contribution in [3.63, 3.8) is 0 Å². The highest BCUT2D eigenvalue weighted by Crippen LogP contribution is 2.28. The van der Waals surface area contributed by atoms with Crippen LogP contribution in [0, 0.1) is 0 Å². The maximum Gasteiger partial charge on any atom is 0.278 e. The third-order valence-corrected chi connectivity index (χ3v) is 5.59. The van der Waals surface area contributed by atoms with Crippen LogP contribution in [0.15, 0.2) is 58.5 Å². The van der Waals surface area contributed by atoms with E-state index in [4.69, 9.17) is 16.3 Å². The molecule has 0 aliphatic carbocycles. The van der Waals surface area contributed by atoms with Crippen LogP contribution in [0.25, 0.3) is 11.3 Å². The number of hydrogen-bond acceptors (Lipinski definition) is 6. The molecule has 1 atom stereocenters. The summed E-state index contributed by atoms with van der Waals surface area (Å²) >= 11 is 7.25. The van der Waals surface area contributed by atoms with Crippen molar-refractivity contribution in [2.45, 2.75) is 23.8 Å². The number of nitrogens with one attached hydrogen (secondary N) is 2. The number of ether oxygens (including phenoxy) is 1. The number of amides is 1. The van der Waals surface area contributed by atoms with E-state index in [-0.39, 0.29) is 22.3 Å². The van der Waals surface area contributed by atoms with Crippen LogP contribution in [0.5, 0.6) is 5.75 Å². The molecule has 3 aromatic rings. The van der Waals surface area contributed by atoms with Gasteiger partial charge in [-0.3, -0.25) is 14.6 Å². The van der Waals surface area contributed by atoms with Crippen LogP contribution in [0.4, 0.5) is 5.69 Å². The Morgan fingerprint density at radius 3 is 2.62 bits per heavy atom. The van der Waals surface area contributed by atoms with Gasteiger partial charge in [0.15, 0.2) is 10.9 Å². The first-order chi connectivity index (χ1) is 14.0. The molecule has 0 saturated heterocycles. The van der Waals surface area contributed by atoms with Crippen molar-refractivity contribution in [1.29, 1.82) is 0 Å². The topological polar surface area (TPSA) is 97.0 Å². The molecule has 1 unspecified atom stereocenters. The molecule has 7 nitrogen and oxygen atoms in total. The summed E-state index contributed by atoms with van der Waals surface area (Å²) in [6.45, 7) is 1.88. The van der Waals surface area contributed by atoms with Crippen LogP contribution >= 0.6 is 23.4 Å². The number of carbonyl (C=O) groups excluding carboxylic acids is 1. The van der Waals surface area contributed by atoms with Crippen molar-refractivity contribution in [3.8, 4) is 17.0 Å². The number of halogens is 1. The van der Waals surface area contributed by atoms with Gasteiger partial charge >= 0.3 is 0 Å². The maximum absolute atomic E-state index is 12.6. The van der Waals surface area contributed by atoms with Crippen LogP contribution in [-0.4, -0.2) is 33.4 Å². The molecular weight excluding hydrogens is 412 g/mol. The Morgan fingerprint density at radius 1 is 1.24 bits per heavy atom. The molecule has 2 aromatic carbocycles. The minimum absolute atomic E-state index is 0.228. The van der Waals surface area contributed by atoms with E-state index in [2.05, 4.69) is 20.5 Å². The van der Waals surface area contributed by atoms with Gasteiger partial charge in [-0.15, -0.1) is 10.2 Å². The summed E-state index contributed by atoms with van der Waals surface area (Å²) in [5.41, 5.74) is 1.11. The lowest BCUT2D eigenvalue weighted by molar-refractivity contribution is -0.115. The number of anilines is 1. The second-order valence-electron chi connectivity index (χ2n) is 6.03. The monoisotopic (exact) mass is 430 g/mol. The van der Waals surface area contributed by atoms with Crippen molar-refractivity contribution in [2.24, 2.45) is 0 Å². The van der Waals surface area contributed by atoms with Crippen molar-refractivity contribution >= 4 is 35.0 Å². The number of aromatic nitrogens is 3. The number of hydrogen-bond donors (Lipinski definition) is 2. The summed E-state index contributed by atoms with van der Waals surface area (Å²) in [5.74, 6) is 0.297. The molecule has 0 spiro atoms. The minimum Gasteiger partial charge on any atom is -0.495 e. The van der Waals surface area contributed by atoms with E-state index < -0.39 is 5.25 Å². The first-order valence-electron chi connectivity index (χ1n) is 8.85. The maximum atomic E-state index is 12.6. The normalized spacial score (nSPS) is 11.7. The zero-order chi connectivity index (χ0) is 20.8. The Bertz CT molecular complexity index is 1060. The molecule has 1 aromatic heterocycles. The molecule has 0 saturated carbocycles. The van der Waals surface area contributed by atoms with Crippen LogP contribution in [-0.2, 0) is 4.79 Å². The fourth-order valence-corrected chi connectivity index (χ4v) is 3.68. The van der Waals surface area contributed by atoms with Crippen molar-refractivity contribution in [1.82, 2.24) is 15.2 Å². The summed E-state index contributed by atoms with van der Waals surface area (Å²) in [7, 11) is 1.52. The second kappa shape index (κ2) is 9.58. The Hall–Kier alpha value is -2.84. The van der Waals surface area contributed by atoms with Gasteiger partial charge in [-0.2, -0.15) is 0 Å². The second-order valence-corrected chi connectivity index (χ2v) is 7.63. The number of carbonyl (C=O) groups is 1. The lowest BCUT2D eigenvalue weighted by atomic mass is 10.2. The predicted octanol–water partition coefficient (Wildman–Crippen LogP) is 4.00. The van der Waals surface area contributed by atoms with Gasteiger partial charge < -0.3 is 10.1 Å². The SMILES string of the molecule is CCC(Sc1nnc(-c2ccccc2)c(=O)[nH]1)C(=O)Nc1ccc(OC)c(Cl)c1. The van der Waals surface area contributed by atoms with E-state index in [1.54, 1.807) is 30.3 Å². The van der Waals surface area contributed by atoms with E-state index in [1.165, 1.54) is 7.11 Å². The molecule has 0 aliphatic rings. The van der Waals surface area contributed by atoms with E-state index in [0.29, 0.717) is 28.4 Å². The number of methoxy groups -OCH3 is 1. The Morgan fingerprint density at radius 2 is 2.00 bits per heavy atom. The van der Waals surface area contributed by atoms with Gasteiger partial charge in [-0.1, -0.05) is 60.6 Å². The Labute approximate surface area is 176 Å². The molecule has 0 bridgehead atoms. The Balaban J connectivity index is 1.72. The summed E-state index contributed by atoms with van der Waals surface area (Å²) < 4.78 is 5.11. The molecule has 0 fully saturated rings. The van der Waals surface area contributed by atoms with Crippen molar-refractivity contribution in [3.05, 3.63) is 63.9 Å². The highest BCUT2D eigenvalue weighted by atomic mass is 35.5. The molecule has 0 aliphatic heterocycles. The van der Waals surface area contributed by atoms with Gasteiger partial charge in [0, 0.05) is 11.3 Å². The standard InChI is InChI=1S/C20H19ClN4O3S/c1-3-16(18(26)22-13-9-10-15(28-2)14(21)11-13)29-20-23-19(27)17(24-25-20)12-7-5-4-6-8-12/h4-11,16H,3H2,1-2H3,(H,22,26)(H,23,25,27). The summed E-state index contributed by atoms with van der Waals surface area (Å²) in [6.07, 6.45) is 0.532. The molecular formula is C20H19ClN4O3S. The summed E-state index contributed by atoms with van der Waals surface area (Å²) in [6, 6.07) is 14.1. The van der Waals surface area contributed by atoms with Crippen LogP contribution in [0.3, 0.4) is 0 Å². The van der Waals surface area contributed by atoms with Crippen LogP contribution < -0.4 is 15.6 Å². The Kier molecular flexibility index (Phi) is 6.90. The van der Waals surface area contributed by atoms with Gasteiger partial charge in [0.1, 0.15) is 5.75 Å². The quantitative estimate of drug-likeness (QED) is 0.550. The summed E-state index contributed by atoms with van der Waals surface area (Å²) in [5, 5.41) is 11.1. The molecule has 1 heterocycles. The smallest absolute Gasteiger partial charge is 0.278 e. The highest BCUT2D eigenvalue weighted by molar-refractivity contribution is 8.00. The van der Waals surface area contributed by atoms with E-state index in [9.17, 15) is 9.59 Å². The fourth-order valence-electron chi connectivity index (χ4n) is 2.58. The zero-order valence-corrected chi connectivity index (χ0v) is 17.4. The molecule has 2 N–H and O–H groups in total. The molecule has 150 valence electrons. The van der Waals surface area contributed by atoms with Gasteiger partial charge in [-0.25, -0.2) is 0 Å². The number of nitrogens with zero attached hydrogens (tertiary/aromatic N) is 2. The number of aromatic amines is 1. The lowest BCUT2D eigenvalue weighted by Gasteiger charge is -2.14. The van der Waals surface area contributed by atoms with Gasteiger partial charge in [0.2, 0.25) is 5.91 Å². The summed E-state index contributed by atoms with van der Waals surface area (Å²) in [4.78, 5) is 27.7. The van der Waals surface area contributed by atoms with Crippen molar-refractivity contribution in [2.75, 3.05) is 12.4 Å². The highest BCUT2D eigenvalue weighted by Gasteiger charge is 2.20. The van der Waals surface area contributed by atoms with Crippen LogP contribution in [0.1, 0.15) is 13.3 Å². The van der Waals surface area contributed by atoms with E-state index in [0.717, 1.165) is 11.8 Å². The molecule has 9 heteroatoms. The number of benzene rings is 2. The first-order valence-corrected chi connectivity index (χ1v) is 10.1. The van der Waals surface area contributed by atoms with Crippen molar-refractivity contribution < 1.29 is 9.53 Å². The number of thioether (sulfide) groups is 1. The molecule has 29 heavy (non-hydrogen) atoms.